The van der Waals surface area contributed by atoms with Gasteiger partial charge in [-0.2, -0.15) is 0 Å². The molecule has 3 aromatic rings. The number of nitrogens with one attached hydrogen (secondary N) is 1. The van der Waals surface area contributed by atoms with Gasteiger partial charge in [0.2, 0.25) is 0 Å². The van der Waals surface area contributed by atoms with E-state index in [-0.39, 0.29) is 31.1 Å². The fraction of sp³-hybridized carbons (Fsp3) is 0.440. The van der Waals surface area contributed by atoms with Gasteiger partial charge in [-0.25, -0.2) is 19.2 Å². The molecule has 0 saturated heterocycles. The first-order chi connectivity index (χ1) is 17.8. The fourth-order valence-corrected chi connectivity index (χ4v) is 4.63. The molecule has 0 aromatic carbocycles. The molecule has 5 rings (SSSR count). The van der Waals surface area contributed by atoms with Crippen LogP contribution in [0.4, 0.5) is 20.8 Å². The third-order valence-electron chi connectivity index (χ3n) is 6.92. The predicted molar refractivity (Wildman–Crippen MR) is 134 cm³/mol. The molecule has 2 aliphatic rings. The summed E-state index contributed by atoms with van der Waals surface area (Å²) in [6.45, 7) is 3.69. The van der Waals surface area contributed by atoms with E-state index >= 15 is 0 Å². The van der Waals surface area contributed by atoms with Crippen LogP contribution in [0.1, 0.15) is 53.7 Å². The number of nitrogens with zero attached hydrogens (tertiary/aromatic N) is 7. The summed E-state index contributed by atoms with van der Waals surface area (Å²) in [6.07, 6.45) is 0.762. The van der Waals surface area contributed by atoms with Gasteiger partial charge in [0.15, 0.2) is 5.82 Å². The Morgan fingerprint density at radius 1 is 1.30 bits per heavy atom. The van der Waals surface area contributed by atoms with E-state index in [0.29, 0.717) is 52.8 Å². The number of rotatable bonds is 7. The second-order valence-electron chi connectivity index (χ2n) is 9.41. The summed E-state index contributed by atoms with van der Waals surface area (Å²) in [5.41, 5.74) is 2.20. The number of alkyl carbamates (subject to hydrolysis) is 1. The Bertz CT molecular complexity index is 1360. The lowest BCUT2D eigenvalue weighted by Gasteiger charge is -2.23. The van der Waals surface area contributed by atoms with E-state index in [4.69, 9.17) is 14.7 Å². The monoisotopic (exact) mass is 508 g/mol. The van der Waals surface area contributed by atoms with Gasteiger partial charge in [-0.15, -0.1) is 10.2 Å². The molecule has 0 aliphatic carbocycles. The standard InChI is InChI=1S/C25H29FN8O3/c1-14(2)32(4)22-10-16-17(19(29-22)13-37-25(36)27-3)12-33(24(16)35)20-7-5-6-18(28-20)23-31-30-21-9-8-15(11-26)34(21)23/h5-7,10,14-15H,8-9,11-13H2,1-4H3,(H,27,36)/t15-/m0/s1. The van der Waals surface area contributed by atoms with Crippen LogP contribution in [-0.4, -0.2) is 63.5 Å². The van der Waals surface area contributed by atoms with Crippen LogP contribution in [0.2, 0.25) is 0 Å². The third kappa shape index (κ3) is 4.36. The van der Waals surface area contributed by atoms with Gasteiger partial charge < -0.3 is 19.5 Å². The molecule has 37 heavy (non-hydrogen) atoms. The first-order valence-electron chi connectivity index (χ1n) is 12.2. The molecule has 0 bridgehead atoms. The Morgan fingerprint density at radius 3 is 2.84 bits per heavy atom. The summed E-state index contributed by atoms with van der Waals surface area (Å²) in [7, 11) is 3.38. The van der Waals surface area contributed by atoms with Crippen molar-refractivity contribution in [1.29, 1.82) is 0 Å². The van der Waals surface area contributed by atoms with Gasteiger partial charge in [0, 0.05) is 32.1 Å². The maximum absolute atomic E-state index is 13.6. The van der Waals surface area contributed by atoms with Crippen LogP contribution in [0, 0.1) is 0 Å². The minimum Gasteiger partial charge on any atom is -0.443 e. The molecule has 0 fully saturated rings. The molecule has 1 N–H and O–H groups in total. The number of hydrogen-bond acceptors (Lipinski definition) is 8. The summed E-state index contributed by atoms with van der Waals surface area (Å²) >= 11 is 0. The maximum Gasteiger partial charge on any atom is 0.407 e. The molecule has 2 amide bonds. The van der Waals surface area contributed by atoms with Crippen molar-refractivity contribution in [3.05, 3.63) is 46.9 Å². The number of amides is 2. The van der Waals surface area contributed by atoms with Crippen molar-refractivity contribution in [2.75, 3.05) is 30.6 Å². The van der Waals surface area contributed by atoms with Crippen LogP contribution in [-0.2, 0) is 24.3 Å². The van der Waals surface area contributed by atoms with Crippen LogP contribution < -0.4 is 15.1 Å². The number of hydrogen-bond donors (Lipinski definition) is 1. The first-order valence-corrected chi connectivity index (χ1v) is 12.2. The molecular weight excluding hydrogens is 479 g/mol. The second-order valence-corrected chi connectivity index (χ2v) is 9.41. The zero-order chi connectivity index (χ0) is 26.3. The largest absolute Gasteiger partial charge is 0.443 e. The molecule has 2 aliphatic heterocycles. The molecule has 0 radical (unpaired) electrons. The Labute approximate surface area is 213 Å². The fourth-order valence-electron chi connectivity index (χ4n) is 4.63. The quantitative estimate of drug-likeness (QED) is 0.517. The van der Waals surface area contributed by atoms with Crippen LogP contribution >= 0.6 is 0 Å². The van der Waals surface area contributed by atoms with Crippen molar-refractivity contribution in [2.24, 2.45) is 0 Å². The van der Waals surface area contributed by atoms with Gasteiger partial charge in [-0.1, -0.05) is 6.07 Å². The average molecular weight is 509 g/mol. The second kappa shape index (κ2) is 9.75. The molecule has 5 heterocycles. The Morgan fingerprint density at radius 2 is 2.11 bits per heavy atom. The van der Waals surface area contributed by atoms with E-state index in [1.54, 1.807) is 33.7 Å². The normalized spacial score (nSPS) is 16.2. The van der Waals surface area contributed by atoms with Crippen LogP contribution in [0.5, 0.6) is 0 Å². The zero-order valence-corrected chi connectivity index (χ0v) is 21.2. The van der Waals surface area contributed by atoms with E-state index in [9.17, 15) is 14.0 Å². The van der Waals surface area contributed by atoms with Gasteiger partial charge in [-0.05, 0) is 38.5 Å². The number of carbonyl (C=O) groups excluding carboxylic acids is 2. The predicted octanol–water partition coefficient (Wildman–Crippen LogP) is 3.05. The van der Waals surface area contributed by atoms with Crippen molar-refractivity contribution in [3.63, 3.8) is 0 Å². The number of alkyl halides is 1. The van der Waals surface area contributed by atoms with E-state index in [1.165, 1.54) is 7.05 Å². The van der Waals surface area contributed by atoms with E-state index in [1.807, 2.05) is 25.8 Å². The van der Waals surface area contributed by atoms with Crippen LogP contribution in [0.3, 0.4) is 0 Å². The summed E-state index contributed by atoms with van der Waals surface area (Å²) in [5.74, 6) is 2.04. The molecule has 12 heteroatoms. The van der Waals surface area contributed by atoms with Crippen LogP contribution in [0.25, 0.3) is 11.5 Å². The molecule has 1 atom stereocenters. The van der Waals surface area contributed by atoms with Gasteiger partial charge >= 0.3 is 6.09 Å². The number of ether oxygens (including phenoxy) is 1. The number of aryl methyl sites for hydroxylation is 1. The van der Waals surface area contributed by atoms with Crippen molar-refractivity contribution in [3.8, 4) is 11.5 Å². The van der Waals surface area contributed by atoms with Crippen molar-refractivity contribution >= 4 is 23.6 Å². The lowest BCUT2D eigenvalue weighted by atomic mass is 10.1. The lowest BCUT2D eigenvalue weighted by molar-refractivity contribution is 0.0996. The average Bonchev–Trinajstić information content (AvgIpc) is 3.60. The van der Waals surface area contributed by atoms with Gasteiger partial charge in [-0.3, -0.25) is 9.69 Å². The molecule has 0 unspecified atom stereocenters. The van der Waals surface area contributed by atoms with Gasteiger partial charge in [0.25, 0.3) is 5.91 Å². The van der Waals surface area contributed by atoms with Crippen molar-refractivity contribution in [2.45, 2.75) is 51.9 Å². The van der Waals surface area contributed by atoms with Gasteiger partial charge in [0.05, 0.1) is 23.8 Å². The summed E-state index contributed by atoms with van der Waals surface area (Å²) in [6, 6.07) is 6.91. The first kappa shape index (κ1) is 24.6. The van der Waals surface area contributed by atoms with E-state index < -0.39 is 12.8 Å². The van der Waals surface area contributed by atoms with Crippen LogP contribution in [0.15, 0.2) is 24.3 Å². The van der Waals surface area contributed by atoms with Crippen molar-refractivity contribution < 1.29 is 18.7 Å². The number of halogens is 1. The molecule has 11 nitrogen and oxygen atoms in total. The molecular formula is C25H29FN8O3. The summed E-state index contributed by atoms with van der Waals surface area (Å²) in [5, 5.41) is 10.9. The number of aromatic nitrogens is 5. The molecule has 194 valence electrons. The molecule has 0 saturated carbocycles. The lowest BCUT2D eigenvalue weighted by Crippen LogP contribution is -2.27. The highest BCUT2D eigenvalue weighted by Crippen LogP contribution is 2.34. The third-order valence-corrected chi connectivity index (χ3v) is 6.92. The minimum absolute atomic E-state index is 0.0765. The molecule has 0 spiro atoms. The number of carbonyl (C=O) groups is 2. The number of fused-ring (bicyclic) bond motifs is 2. The Hall–Kier alpha value is -4.09. The summed E-state index contributed by atoms with van der Waals surface area (Å²) in [4.78, 5) is 38.3. The SMILES string of the molecule is CNC(=O)OCc1nc(N(C)C(C)C)cc2c1CN(c1cccc(-c3nnc4n3[C@H](CF)CC4)n1)C2=O. The Balaban J connectivity index is 1.50. The maximum atomic E-state index is 13.6. The van der Waals surface area contributed by atoms with Crippen molar-refractivity contribution in [1.82, 2.24) is 30.0 Å². The highest BCUT2D eigenvalue weighted by atomic mass is 19.1. The smallest absolute Gasteiger partial charge is 0.407 e. The zero-order valence-electron chi connectivity index (χ0n) is 21.2. The minimum atomic E-state index is -0.582. The number of pyridine rings is 2. The van der Waals surface area contributed by atoms with Gasteiger partial charge in [0.1, 0.15) is 36.4 Å². The molecule has 3 aromatic heterocycles. The van der Waals surface area contributed by atoms with E-state index in [2.05, 4.69) is 15.5 Å². The number of anilines is 2. The highest BCUT2D eigenvalue weighted by Gasteiger charge is 2.34. The highest BCUT2D eigenvalue weighted by molar-refractivity contribution is 6.10. The topological polar surface area (TPSA) is 118 Å². The Kier molecular flexibility index (Phi) is 6.48. The summed E-state index contributed by atoms with van der Waals surface area (Å²) < 4.78 is 20.7. The van der Waals surface area contributed by atoms with E-state index in [0.717, 1.165) is 5.82 Å².